The van der Waals surface area contributed by atoms with Crippen molar-refractivity contribution in [1.29, 1.82) is 5.26 Å². The van der Waals surface area contributed by atoms with Crippen LogP contribution in [-0.4, -0.2) is 23.4 Å². The summed E-state index contributed by atoms with van der Waals surface area (Å²) in [4.78, 5) is 14.0. The number of rotatable bonds is 4. The molecule has 0 saturated heterocycles. The minimum absolute atomic E-state index is 0.0516. The molecular formula is C13H16BrN3O. The van der Waals surface area contributed by atoms with E-state index in [2.05, 4.69) is 22.0 Å². The van der Waals surface area contributed by atoms with Gasteiger partial charge < -0.3 is 10.6 Å². The third kappa shape index (κ3) is 3.47. The number of nitriles is 1. The van der Waals surface area contributed by atoms with E-state index < -0.39 is 0 Å². The van der Waals surface area contributed by atoms with Crippen molar-refractivity contribution < 1.29 is 4.79 Å². The zero-order valence-electron chi connectivity index (χ0n) is 10.5. The first-order valence-electron chi connectivity index (χ1n) is 5.70. The lowest BCUT2D eigenvalue weighted by atomic mass is 10.1. The fourth-order valence-electron chi connectivity index (χ4n) is 1.61. The molecule has 0 fully saturated rings. The van der Waals surface area contributed by atoms with Crippen molar-refractivity contribution in [2.75, 3.05) is 12.3 Å². The molecule has 0 aliphatic heterocycles. The van der Waals surface area contributed by atoms with Gasteiger partial charge in [0.05, 0.1) is 12.5 Å². The summed E-state index contributed by atoms with van der Waals surface area (Å²) >= 11 is 3.29. The Labute approximate surface area is 116 Å². The number of anilines is 1. The van der Waals surface area contributed by atoms with Crippen LogP contribution < -0.4 is 5.73 Å². The van der Waals surface area contributed by atoms with E-state index >= 15 is 0 Å². The van der Waals surface area contributed by atoms with E-state index in [0.717, 1.165) is 4.47 Å². The second-order valence-corrected chi connectivity index (χ2v) is 5.09. The first-order chi connectivity index (χ1) is 8.47. The molecule has 0 spiro atoms. The third-order valence-corrected chi connectivity index (χ3v) is 3.31. The standard InChI is InChI=1S/C13H16BrN3O/c1-9(2)17(7-3-6-15)13(18)10-4-5-11(14)12(16)8-10/h4-5,8-9H,3,7,16H2,1-2H3. The summed E-state index contributed by atoms with van der Waals surface area (Å²) < 4.78 is 0.771. The van der Waals surface area contributed by atoms with Crippen LogP contribution in [0, 0.1) is 11.3 Å². The molecule has 18 heavy (non-hydrogen) atoms. The van der Waals surface area contributed by atoms with Gasteiger partial charge in [0.25, 0.3) is 5.91 Å². The van der Waals surface area contributed by atoms with Gasteiger partial charge in [-0.2, -0.15) is 5.26 Å². The first kappa shape index (κ1) is 14.5. The SMILES string of the molecule is CC(C)N(CCC#N)C(=O)c1ccc(Br)c(N)c1. The second-order valence-electron chi connectivity index (χ2n) is 4.24. The van der Waals surface area contributed by atoms with E-state index in [1.807, 2.05) is 13.8 Å². The Hall–Kier alpha value is -1.54. The lowest BCUT2D eigenvalue weighted by Crippen LogP contribution is -2.37. The zero-order valence-corrected chi connectivity index (χ0v) is 12.1. The van der Waals surface area contributed by atoms with Gasteiger partial charge in [0.1, 0.15) is 0 Å². The predicted octanol–water partition coefficient (Wildman–Crippen LogP) is 2.80. The van der Waals surface area contributed by atoms with Crippen LogP contribution in [0.4, 0.5) is 5.69 Å². The van der Waals surface area contributed by atoms with Crippen LogP contribution in [0.15, 0.2) is 22.7 Å². The molecule has 0 atom stereocenters. The van der Waals surface area contributed by atoms with E-state index in [0.29, 0.717) is 24.2 Å². The molecule has 0 aliphatic carbocycles. The number of hydrogen-bond acceptors (Lipinski definition) is 3. The molecular weight excluding hydrogens is 294 g/mol. The Balaban J connectivity index is 2.95. The number of nitrogens with zero attached hydrogens (tertiary/aromatic N) is 2. The van der Waals surface area contributed by atoms with Crippen LogP contribution in [0.25, 0.3) is 0 Å². The molecule has 0 aromatic heterocycles. The van der Waals surface area contributed by atoms with Crippen molar-refractivity contribution in [3.8, 4) is 6.07 Å². The van der Waals surface area contributed by atoms with Gasteiger partial charge in [0.2, 0.25) is 0 Å². The van der Waals surface area contributed by atoms with Crippen molar-refractivity contribution in [3.05, 3.63) is 28.2 Å². The van der Waals surface area contributed by atoms with Crippen LogP contribution in [0.3, 0.4) is 0 Å². The predicted molar refractivity (Wildman–Crippen MR) is 75.0 cm³/mol. The van der Waals surface area contributed by atoms with Crippen molar-refractivity contribution in [2.45, 2.75) is 26.3 Å². The van der Waals surface area contributed by atoms with Gasteiger partial charge in [0, 0.05) is 28.3 Å². The molecule has 0 saturated carbocycles. The summed E-state index contributed by atoms with van der Waals surface area (Å²) in [5, 5.41) is 8.62. The zero-order chi connectivity index (χ0) is 13.7. The molecule has 0 unspecified atom stereocenters. The molecule has 4 nitrogen and oxygen atoms in total. The van der Waals surface area contributed by atoms with Gasteiger partial charge >= 0.3 is 0 Å². The number of amides is 1. The van der Waals surface area contributed by atoms with Crippen LogP contribution in [0.2, 0.25) is 0 Å². The Bertz CT molecular complexity index is 480. The Morgan fingerprint density at radius 1 is 1.56 bits per heavy atom. The number of nitrogens with two attached hydrogens (primary N) is 1. The molecule has 0 radical (unpaired) electrons. The molecule has 2 N–H and O–H groups in total. The average Bonchev–Trinajstić information content (AvgIpc) is 2.32. The molecule has 0 aliphatic rings. The maximum Gasteiger partial charge on any atom is 0.254 e. The van der Waals surface area contributed by atoms with Gasteiger partial charge in [-0.15, -0.1) is 0 Å². The van der Waals surface area contributed by atoms with Crippen molar-refractivity contribution in [2.24, 2.45) is 0 Å². The lowest BCUT2D eigenvalue weighted by molar-refractivity contribution is 0.0710. The van der Waals surface area contributed by atoms with E-state index in [-0.39, 0.29) is 11.9 Å². The van der Waals surface area contributed by atoms with Crippen LogP contribution in [0.1, 0.15) is 30.6 Å². The molecule has 1 rings (SSSR count). The molecule has 0 bridgehead atoms. The third-order valence-electron chi connectivity index (χ3n) is 2.59. The maximum atomic E-state index is 12.3. The smallest absolute Gasteiger partial charge is 0.254 e. The van der Waals surface area contributed by atoms with E-state index in [9.17, 15) is 4.79 Å². The van der Waals surface area contributed by atoms with Crippen LogP contribution in [-0.2, 0) is 0 Å². The summed E-state index contributed by atoms with van der Waals surface area (Å²) in [6, 6.07) is 7.23. The number of benzene rings is 1. The highest BCUT2D eigenvalue weighted by Crippen LogP contribution is 2.21. The lowest BCUT2D eigenvalue weighted by Gasteiger charge is -2.26. The summed E-state index contributed by atoms with van der Waals surface area (Å²) in [5.41, 5.74) is 6.84. The maximum absolute atomic E-state index is 12.3. The highest BCUT2D eigenvalue weighted by Gasteiger charge is 2.18. The van der Waals surface area contributed by atoms with Gasteiger partial charge in [-0.05, 0) is 48.0 Å². The molecule has 96 valence electrons. The normalized spacial score (nSPS) is 10.2. The van der Waals surface area contributed by atoms with Gasteiger partial charge in [-0.25, -0.2) is 0 Å². The summed E-state index contributed by atoms with van der Waals surface area (Å²) in [5.74, 6) is -0.0977. The van der Waals surface area contributed by atoms with Gasteiger partial charge in [-0.3, -0.25) is 4.79 Å². The molecule has 0 heterocycles. The van der Waals surface area contributed by atoms with Crippen molar-refractivity contribution >= 4 is 27.5 Å². The van der Waals surface area contributed by atoms with Crippen LogP contribution >= 0.6 is 15.9 Å². The molecule has 1 aromatic carbocycles. The Kier molecular flexibility index (Phi) is 5.17. The minimum atomic E-state index is -0.0977. The van der Waals surface area contributed by atoms with Crippen molar-refractivity contribution in [1.82, 2.24) is 4.90 Å². The van der Waals surface area contributed by atoms with E-state index in [1.165, 1.54) is 0 Å². The fourth-order valence-corrected chi connectivity index (χ4v) is 1.85. The average molecular weight is 310 g/mol. The van der Waals surface area contributed by atoms with E-state index in [1.54, 1.807) is 23.1 Å². The summed E-state index contributed by atoms with van der Waals surface area (Å²) in [6.07, 6.45) is 0.329. The van der Waals surface area contributed by atoms with Gasteiger partial charge in [-0.1, -0.05) is 0 Å². The Morgan fingerprint density at radius 3 is 2.72 bits per heavy atom. The number of hydrogen-bond donors (Lipinski definition) is 1. The second kappa shape index (κ2) is 6.41. The molecule has 1 aromatic rings. The quantitative estimate of drug-likeness (QED) is 0.869. The number of carbonyl (C=O) groups excluding carboxylic acids is 1. The van der Waals surface area contributed by atoms with E-state index in [4.69, 9.17) is 11.0 Å². The number of carbonyl (C=O) groups is 1. The molecule has 5 heteroatoms. The monoisotopic (exact) mass is 309 g/mol. The number of halogens is 1. The fraction of sp³-hybridized carbons (Fsp3) is 0.385. The largest absolute Gasteiger partial charge is 0.398 e. The minimum Gasteiger partial charge on any atom is -0.398 e. The first-order valence-corrected chi connectivity index (χ1v) is 6.49. The molecule has 1 amide bonds. The number of nitrogen functional groups attached to an aromatic ring is 1. The topological polar surface area (TPSA) is 70.1 Å². The van der Waals surface area contributed by atoms with Crippen LogP contribution in [0.5, 0.6) is 0 Å². The van der Waals surface area contributed by atoms with Crippen molar-refractivity contribution in [3.63, 3.8) is 0 Å². The van der Waals surface area contributed by atoms with Gasteiger partial charge in [0.15, 0.2) is 0 Å². The summed E-state index contributed by atoms with van der Waals surface area (Å²) in [7, 11) is 0. The summed E-state index contributed by atoms with van der Waals surface area (Å²) in [6.45, 7) is 4.29. The Morgan fingerprint density at radius 2 is 2.22 bits per heavy atom. The highest BCUT2D eigenvalue weighted by atomic mass is 79.9. The highest BCUT2D eigenvalue weighted by molar-refractivity contribution is 9.10.